The summed E-state index contributed by atoms with van der Waals surface area (Å²) >= 11 is 8.25. The fraction of sp³-hybridized carbons (Fsp3) is 0.200. The highest BCUT2D eigenvalue weighted by atomic mass is 127. The van der Waals surface area contributed by atoms with Gasteiger partial charge in [0.15, 0.2) is 11.6 Å². The summed E-state index contributed by atoms with van der Waals surface area (Å²) in [5.74, 6) is -0.141. The van der Waals surface area contributed by atoms with Gasteiger partial charge in [-0.25, -0.2) is 4.39 Å². The molecule has 0 aliphatic carbocycles. The summed E-state index contributed by atoms with van der Waals surface area (Å²) in [4.78, 5) is 0. The summed E-state index contributed by atoms with van der Waals surface area (Å²) in [6.07, 6.45) is 0.540. The van der Waals surface area contributed by atoms with Crippen LogP contribution in [-0.2, 0) is 6.42 Å². The molecule has 0 aromatic heterocycles. The Kier molecular flexibility index (Phi) is 5.23. The normalized spacial score (nSPS) is 12.2. The van der Waals surface area contributed by atoms with Crippen molar-refractivity contribution in [1.29, 1.82) is 0 Å². The maximum Gasteiger partial charge on any atom is 0.165 e. The fourth-order valence-electron chi connectivity index (χ4n) is 1.95. The molecule has 5 heteroatoms. The van der Waals surface area contributed by atoms with Crippen molar-refractivity contribution in [1.82, 2.24) is 0 Å². The zero-order valence-electron chi connectivity index (χ0n) is 10.9. The molecule has 0 bridgehead atoms. The molecule has 1 atom stereocenters. The van der Waals surface area contributed by atoms with Crippen molar-refractivity contribution >= 4 is 34.2 Å². The van der Waals surface area contributed by atoms with Crippen molar-refractivity contribution in [3.8, 4) is 5.75 Å². The molecule has 2 aromatic rings. The van der Waals surface area contributed by atoms with Crippen LogP contribution in [0.1, 0.15) is 17.2 Å². The topological polar surface area (TPSA) is 35.2 Å². The zero-order valence-corrected chi connectivity index (χ0v) is 13.8. The predicted octanol–water partition coefficient (Wildman–Crippen LogP) is 4.33. The minimum Gasteiger partial charge on any atom is -0.494 e. The minimum absolute atomic E-state index is 0.225. The summed E-state index contributed by atoms with van der Waals surface area (Å²) in [6, 6.07) is 10.4. The standard InChI is InChI=1S/C15H14ClFINO/c1-20-15-5-2-9(6-12(15)17)7-14(19)10-3-4-13(18)11(16)8-10/h2-6,8,14H,7,19H2,1H3. The van der Waals surface area contributed by atoms with Gasteiger partial charge < -0.3 is 10.5 Å². The molecule has 0 spiro atoms. The van der Waals surface area contributed by atoms with Crippen molar-refractivity contribution in [2.75, 3.05) is 7.11 Å². The van der Waals surface area contributed by atoms with Crippen molar-refractivity contribution in [3.63, 3.8) is 0 Å². The average Bonchev–Trinajstić information content (AvgIpc) is 2.42. The molecule has 20 heavy (non-hydrogen) atoms. The third-order valence-electron chi connectivity index (χ3n) is 3.04. The number of benzene rings is 2. The Bertz CT molecular complexity index is 621. The van der Waals surface area contributed by atoms with E-state index >= 15 is 0 Å². The molecule has 2 nitrogen and oxygen atoms in total. The van der Waals surface area contributed by atoms with E-state index in [0.717, 1.165) is 14.7 Å². The van der Waals surface area contributed by atoms with Gasteiger partial charge in [0, 0.05) is 9.61 Å². The van der Waals surface area contributed by atoms with Gasteiger partial charge in [-0.2, -0.15) is 0 Å². The molecule has 106 valence electrons. The number of hydrogen-bond acceptors (Lipinski definition) is 2. The number of halogens is 3. The third-order valence-corrected chi connectivity index (χ3v) is 4.62. The predicted molar refractivity (Wildman–Crippen MR) is 87.8 cm³/mol. The Hall–Kier alpha value is -0.850. The van der Waals surface area contributed by atoms with Gasteiger partial charge in [-0.1, -0.05) is 23.7 Å². The van der Waals surface area contributed by atoms with E-state index in [9.17, 15) is 4.39 Å². The maximum absolute atomic E-state index is 13.6. The first-order valence-corrected chi connectivity index (χ1v) is 7.50. The molecular weight excluding hydrogens is 392 g/mol. The SMILES string of the molecule is COc1ccc(CC(N)c2ccc(I)c(Cl)c2)cc1F. The quantitative estimate of drug-likeness (QED) is 0.768. The van der Waals surface area contributed by atoms with Crippen LogP contribution in [0.2, 0.25) is 5.02 Å². The molecule has 2 N–H and O–H groups in total. The van der Waals surface area contributed by atoms with Gasteiger partial charge in [-0.15, -0.1) is 0 Å². The molecular formula is C15H14ClFINO. The van der Waals surface area contributed by atoms with Crippen LogP contribution in [0.3, 0.4) is 0 Å². The van der Waals surface area contributed by atoms with Crippen LogP contribution < -0.4 is 10.5 Å². The highest BCUT2D eigenvalue weighted by molar-refractivity contribution is 14.1. The molecule has 0 heterocycles. The molecule has 0 amide bonds. The largest absolute Gasteiger partial charge is 0.494 e. The van der Waals surface area contributed by atoms with E-state index < -0.39 is 0 Å². The molecule has 0 saturated heterocycles. The summed E-state index contributed by atoms with van der Waals surface area (Å²) in [5.41, 5.74) is 7.91. The molecule has 2 rings (SSSR count). The van der Waals surface area contributed by atoms with Gasteiger partial charge in [-0.3, -0.25) is 0 Å². The van der Waals surface area contributed by atoms with E-state index in [2.05, 4.69) is 22.6 Å². The molecule has 0 radical (unpaired) electrons. The lowest BCUT2D eigenvalue weighted by molar-refractivity contribution is 0.386. The Morgan fingerprint density at radius 3 is 2.65 bits per heavy atom. The molecule has 0 saturated carbocycles. The maximum atomic E-state index is 13.6. The lowest BCUT2D eigenvalue weighted by Crippen LogP contribution is -2.13. The first kappa shape index (κ1) is 15.5. The number of nitrogens with two attached hydrogens (primary N) is 1. The molecule has 0 aliphatic heterocycles. The number of ether oxygens (including phenoxy) is 1. The van der Waals surface area contributed by atoms with Crippen LogP contribution in [-0.4, -0.2) is 7.11 Å². The first-order valence-electron chi connectivity index (χ1n) is 6.04. The number of methoxy groups -OCH3 is 1. The third kappa shape index (κ3) is 3.62. The second-order valence-electron chi connectivity index (χ2n) is 4.45. The fourth-order valence-corrected chi connectivity index (χ4v) is 2.48. The highest BCUT2D eigenvalue weighted by Gasteiger charge is 2.11. The van der Waals surface area contributed by atoms with Gasteiger partial charge in [0.05, 0.1) is 12.1 Å². The Labute approximate surface area is 136 Å². The van der Waals surface area contributed by atoms with E-state index in [0.29, 0.717) is 11.4 Å². The highest BCUT2D eigenvalue weighted by Crippen LogP contribution is 2.25. The monoisotopic (exact) mass is 405 g/mol. The van der Waals surface area contributed by atoms with E-state index in [1.54, 1.807) is 6.07 Å². The number of hydrogen-bond donors (Lipinski definition) is 1. The Morgan fingerprint density at radius 1 is 1.30 bits per heavy atom. The van der Waals surface area contributed by atoms with E-state index in [1.165, 1.54) is 13.2 Å². The number of rotatable bonds is 4. The van der Waals surface area contributed by atoms with Gasteiger partial charge in [0.2, 0.25) is 0 Å². The zero-order chi connectivity index (χ0) is 14.7. The minimum atomic E-state index is -0.377. The second-order valence-corrected chi connectivity index (χ2v) is 6.02. The lowest BCUT2D eigenvalue weighted by atomic mass is 9.99. The summed E-state index contributed by atoms with van der Waals surface area (Å²) in [5, 5.41) is 0.680. The van der Waals surface area contributed by atoms with Crippen molar-refractivity contribution in [3.05, 3.63) is 61.9 Å². The van der Waals surface area contributed by atoms with Crippen LogP contribution in [0.15, 0.2) is 36.4 Å². The van der Waals surface area contributed by atoms with Crippen LogP contribution in [0.4, 0.5) is 4.39 Å². The van der Waals surface area contributed by atoms with Crippen LogP contribution in [0.25, 0.3) is 0 Å². The van der Waals surface area contributed by atoms with Crippen molar-refractivity contribution in [2.45, 2.75) is 12.5 Å². The van der Waals surface area contributed by atoms with Gasteiger partial charge in [-0.05, 0) is 64.4 Å². The lowest BCUT2D eigenvalue weighted by Gasteiger charge is -2.13. The molecule has 2 aromatic carbocycles. The van der Waals surface area contributed by atoms with E-state index in [4.69, 9.17) is 22.1 Å². The Morgan fingerprint density at radius 2 is 2.05 bits per heavy atom. The Balaban J connectivity index is 2.16. The van der Waals surface area contributed by atoms with Gasteiger partial charge in [0.25, 0.3) is 0 Å². The summed E-state index contributed by atoms with van der Waals surface area (Å²) in [7, 11) is 1.44. The smallest absolute Gasteiger partial charge is 0.165 e. The van der Waals surface area contributed by atoms with Gasteiger partial charge in [0.1, 0.15) is 0 Å². The van der Waals surface area contributed by atoms with Crippen LogP contribution in [0.5, 0.6) is 5.75 Å². The molecule has 1 unspecified atom stereocenters. The van der Waals surface area contributed by atoms with Crippen molar-refractivity contribution < 1.29 is 9.13 Å². The molecule has 0 fully saturated rings. The van der Waals surface area contributed by atoms with E-state index in [-0.39, 0.29) is 17.6 Å². The van der Waals surface area contributed by atoms with Crippen LogP contribution >= 0.6 is 34.2 Å². The first-order chi connectivity index (χ1) is 9.51. The van der Waals surface area contributed by atoms with E-state index in [1.807, 2.05) is 24.3 Å². The van der Waals surface area contributed by atoms with Crippen LogP contribution in [0, 0.1) is 9.39 Å². The average molecular weight is 406 g/mol. The molecule has 0 aliphatic rings. The van der Waals surface area contributed by atoms with Crippen molar-refractivity contribution in [2.24, 2.45) is 5.73 Å². The summed E-state index contributed by atoms with van der Waals surface area (Å²) < 4.78 is 19.5. The summed E-state index contributed by atoms with van der Waals surface area (Å²) in [6.45, 7) is 0. The van der Waals surface area contributed by atoms with Gasteiger partial charge >= 0.3 is 0 Å². The second kappa shape index (κ2) is 6.74.